The second-order valence-electron chi connectivity index (χ2n) is 7.39. The van der Waals surface area contributed by atoms with Gasteiger partial charge in [-0.15, -0.1) is 0 Å². The van der Waals surface area contributed by atoms with Crippen LogP contribution in [0.5, 0.6) is 5.75 Å². The van der Waals surface area contributed by atoms with E-state index in [1.165, 1.54) is 18.4 Å². The number of likely N-dealkylation sites (tertiary alicyclic amines) is 1. The number of aromatic nitrogens is 2. The van der Waals surface area contributed by atoms with Gasteiger partial charge < -0.3 is 14.2 Å². The third-order valence-electron chi connectivity index (χ3n) is 5.94. The quantitative estimate of drug-likeness (QED) is 0.860. The van der Waals surface area contributed by atoms with Gasteiger partial charge in [0.1, 0.15) is 5.75 Å². The third kappa shape index (κ3) is 3.03. The number of rotatable bonds is 4. The number of ether oxygens (including phenoxy) is 1. The summed E-state index contributed by atoms with van der Waals surface area (Å²) in [7, 11) is 3.59. The van der Waals surface area contributed by atoms with Crippen molar-refractivity contribution in [2.45, 2.75) is 19.3 Å². The predicted octanol–water partition coefficient (Wildman–Crippen LogP) is 2.77. The number of nitrogens with zero attached hydrogens (tertiary/aromatic N) is 3. The van der Waals surface area contributed by atoms with E-state index in [1.54, 1.807) is 13.3 Å². The Hall–Kier alpha value is -2.30. The molecule has 1 saturated carbocycles. The number of amides is 1. The summed E-state index contributed by atoms with van der Waals surface area (Å²) in [6.45, 7) is 1.75. The van der Waals surface area contributed by atoms with Crippen molar-refractivity contribution in [3.8, 4) is 5.75 Å². The summed E-state index contributed by atoms with van der Waals surface area (Å²) in [5.41, 5.74) is 1.33. The molecule has 5 nitrogen and oxygen atoms in total. The highest BCUT2D eigenvalue weighted by atomic mass is 16.5. The van der Waals surface area contributed by atoms with Crippen LogP contribution in [-0.2, 0) is 13.5 Å². The van der Waals surface area contributed by atoms with Crippen LogP contribution in [0, 0.1) is 17.8 Å². The van der Waals surface area contributed by atoms with E-state index in [-0.39, 0.29) is 5.91 Å². The molecule has 132 valence electrons. The second kappa shape index (κ2) is 6.54. The van der Waals surface area contributed by atoms with Gasteiger partial charge in [0.2, 0.25) is 0 Å². The summed E-state index contributed by atoms with van der Waals surface area (Å²) in [5, 5.41) is 0. The monoisotopic (exact) mass is 339 g/mol. The van der Waals surface area contributed by atoms with Gasteiger partial charge in [-0.25, -0.2) is 4.98 Å². The van der Waals surface area contributed by atoms with Gasteiger partial charge in [-0.2, -0.15) is 0 Å². The van der Waals surface area contributed by atoms with E-state index in [9.17, 15) is 4.79 Å². The molecule has 3 atom stereocenters. The maximum absolute atomic E-state index is 12.7. The van der Waals surface area contributed by atoms with Crippen molar-refractivity contribution >= 4 is 5.91 Å². The predicted molar refractivity (Wildman–Crippen MR) is 95.5 cm³/mol. The Balaban J connectivity index is 1.44. The molecule has 1 saturated heterocycles. The Bertz CT molecular complexity index is 770. The highest BCUT2D eigenvalue weighted by Crippen LogP contribution is 2.44. The van der Waals surface area contributed by atoms with Crippen LogP contribution in [0.4, 0.5) is 0 Å². The Kier molecular flexibility index (Phi) is 4.24. The van der Waals surface area contributed by atoms with Crippen molar-refractivity contribution in [2.75, 3.05) is 20.2 Å². The number of aryl methyl sites for hydroxylation is 1. The van der Waals surface area contributed by atoms with Gasteiger partial charge >= 0.3 is 0 Å². The van der Waals surface area contributed by atoms with E-state index in [4.69, 9.17) is 4.74 Å². The van der Waals surface area contributed by atoms with Crippen molar-refractivity contribution in [1.82, 2.24) is 14.5 Å². The molecule has 0 unspecified atom stereocenters. The van der Waals surface area contributed by atoms with Gasteiger partial charge in [-0.05, 0) is 54.7 Å². The van der Waals surface area contributed by atoms with Gasteiger partial charge in [0.15, 0.2) is 5.82 Å². The first kappa shape index (κ1) is 16.2. The number of benzene rings is 1. The molecule has 0 spiro atoms. The molecule has 2 heterocycles. The van der Waals surface area contributed by atoms with Gasteiger partial charge in [-0.1, -0.05) is 12.1 Å². The van der Waals surface area contributed by atoms with Crippen LogP contribution < -0.4 is 4.74 Å². The van der Waals surface area contributed by atoms with E-state index in [1.807, 2.05) is 28.8 Å². The fourth-order valence-corrected chi connectivity index (χ4v) is 4.61. The lowest BCUT2D eigenvalue weighted by Gasteiger charge is -2.21. The van der Waals surface area contributed by atoms with E-state index in [2.05, 4.69) is 23.2 Å². The molecule has 25 heavy (non-hydrogen) atoms. The highest BCUT2D eigenvalue weighted by molar-refractivity contribution is 5.91. The molecule has 0 radical (unpaired) electrons. The number of methoxy groups -OCH3 is 1. The minimum absolute atomic E-state index is 0.0713. The molecule has 1 aromatic heterocycles. The normalized spacial score (nSPS) is 25.2. The number of carbonyl (C=O) groups is 1. The Morgan fingerprint density at radius 2 is 2.20 bits per heavy atom. The van der Waals surface area contributed by atoms with Crippen LogP contribution in [0.2, 0.25) is 0 Å². The van der Waals surface area contributed by atoms with Crippen molar-refractivity contribution in [2.24, 2.45) is 24.8 Å². The highest BCUT2D eigenvalue weighted by Gasteiger charge is 2.44. The zero-order valence-corrected chi connectivity index (χ0v) is 14.9. The molecular formula is C20H25N3O2. The summed E-state index contributed by atoms with van der Waals surface area (Å²) in [5.74, 6) is 3.43. The van der Waals surface area contributed by atoms with Crippen LogP contribution in [0.3, 0.4) is 0 Å². The SMILES string of the molecule is COc1cccc(C[C@H]2CC[C@@H]3CN(C(=O)c4nccn4C)C[C@H]23)c1. The molecule has 5 heteroatoms. The lowest BCUT2D eigenvalue weighted by Crippen LogP contribution is -2.32. The smallest absolute Gasteiger partial charge is 0.289 e. The van der Waals surface area contributed by atoms with Crippen molar-refractivity contribution in [1.29, 1.82) is 0 Å². The molecule has 1 aliphatic heterocycles. The third-order valence-corrected chi connectivity index (χ3v) is 5.94. The van der Waals surface area contributed by atoms with Crippen LogP contribution in [0.15, 0.2) is 36.7 Å². The minimum Gasteiger partial charge on any atom is -0.497 e. The van der Waals surface area contributed by atoms with Crippen LogP contribution in [-0.4, -0.2) is 40.6 Å². The average Bonchev–Trinajstić information content (AvgIpc) is 3.32. The van der Waals surface area contributed by atoms with Gasteiger partial charge in [0, 0.05) is 32.5 Å². The molecular weight excluding hydrogens is 314 g/mol. The van der Waals surface area contributed by atoms with E-state index < -0.39 is 0 Å². The fourth-order valence-electron chi connectivity index (χ4n) is 4.61. The fraction of sp³-hybridized carbons (Fsp3) is 0.500. The molecule has 2 fully saturated rings. The first-order valence-corrected chi connectivity index (χ1v) is 9.05. The lowest BCUT2D eigenvalue weighted by molar-refractivity contribution is 0.0761. The standard InChI is InChI=1S/C20H25N3O2/c1-22-9-8-21-19(22)20(24)23-12-16-7-6-15(18(16)13-23)10-14-4-3-5-17(11-14)25-2/h3-5,8-9,11,15-16,18H,6-7,10,12-13H2,1-2H3/t15-,16-,18-/m1/s1. The first-order valence-electron chi connectivity index (χ1n) is 9.05. The molecule has 1 aromatic carbocycles. The lowest BCUT2D eigenvalue weighted by atomic mass is 9.87. The Labute approximate surface area is 148 Å². The molecule has 0 bridgehead atoms. The molecule has 2 aliphatic rings. The summed E-state index contributed by atoms with van der Waals surface area (Å²) in [6.07, 6.45) is 7.08. The molecule has 0 N–H and O–H groups in total. The van der Waals surface area contributed by atoms with Gasteiger partial charge in [-0.3, -0.25) is 4.79 Å². The molecule has 2 aromatic rings. The van der Waals surface area contributed by atoms with E-state index in [0.717, 1.165) is 25.3 Å². The second-order valence-corrected chi connectivity index (χ2v) is 7.39. The van der Waals surface area contributed by atoms with Crippen LogP contribution in [0.25, 0.3) is 0 Å². The first-order chi connectivity index (χ1) is 12.2. The summed E-state index contributed by atoms with van der Waals surface area (Å²) < 4.78 is 7.15. The topological polar surface area (TPSA) is 47.4 Å². The van der Waals surface area contributed by atoms with Crippen molar-refractivity contribution < 1.29 is 9.53 Å². The van der Waals surface area contributed by atoms with Gasteiger partial charge in [0.05, 0.1) is 7.11 Å². The van der Waals surface area contributed by atoms with Crippen LogP contribution >= 0.6 is 0 Å². The maximum atomic E-state index is 12.7. The molecule has 1 aliphatic carbocycles. The average molecular weight is 339 g/mol. The number of fused-ring (bicyclic) bond motifs is 1. The number of hydrogen-bond donors (Lipinski definition) is 0. The zero-order chi connectivity index (χ0) is 17.4. The molecule has 1 amide bonds. The maximum Gasteiger partial charge on any atom is 0.289 e. The number of carbonyl (C=O) groups excluding carboxylic acids is 1. The van der Waals surface area contributed by atoms with Crippen LogP contribution in [0.1, 0.15) is 29.0 Å². The van der Waals surface area contributed by atoms with E-state index in [0.29, 0.717) is 23.6 Å². The summed E-state index contributed by atoms with van der Waals surface area (Å²) in [6, 6.07) is 8.37. The minimum atomic E-state index is 0.0713. The van der Waals surface area contributed by atoms with Crippen molar-refractivity contribution in [3.63, 3.8) is 0 Å². The Morgan fingerprint density at radius 3 is 2.96 bits per heavy atom. The number of hydrogen-bond acceptors (Lipinski definition) is 3. The zero-order valence-electron chi connectivity index (χ0n) is 14.9. The number of imidazole rings is 1. The van der Waals surface area contributed by atoms with E-state index >= 15 is 0 Å². The summed E-state index contributed by atoms with van der Waals surface area (Å²) >= 11 is 0. The summed E-state index contributed by atoms with van der Waals surface area (Å²) in [4.78, 5) is 19.0. The Morgan fingerprint density at radius 1 is 1.32 bits per heavy atom. The van der Waals surface area contributed by atoms with Gasteiger partial charge in [0.25, 0.3) is 5.91 Å². The molecule has 4 rings (SSSR count). The van der Waals surface area contributed by atoms with Crippen molar-refractivity contribution in [3.05, 3.63) is 48.0 Å². The largest absolute Gasteiger partial charge is 0.497 e.